The third-order valence-corrected chi connectivity index (χ3v) is 3.13. The van der Waals surface area contributed by atoms with E-state index in [-0.39, 0.29) is 12.7 Å². The number of fused-ring (bicyclic) bond motifs is 1. The molecule has 2 rings (SSSR count). The molecule has 1 aromatic rings. The van der Waals surface area contributed by atoms with E-state index in [1.165, 1.54) is 0 Å². The summed E-state index contributed by atoms with van der Waals surface area (Å²) in [6.07, 6.45) is 3.81. The molecule has 102 valence electrons. The smallest absolute Gasteiger partial charge is 0.271 e. The average Bonchev–Trinajstić information content (AvgIpc) is 2.90. The third-order valence-electron chi connectivity index (χ3n) is 3.13. The molecule has 0 unspecified atom stereocenters. The first-order valence-corrected chi connectivity index (χ1v) is 6.47. The Labute approximate surface area is 112 Å². The van der Waals surface area contributed by atoms with Gasteiger partial charge in [0.15, 0.2) is 11.5 Å². The monoisotopic (exact) mass is 262 g/mol. The summed E-state index contributed by atoms with van der Waals surface area (Å²) in [4.78, 5) is 11.9. The van der Waals surface area contributed by atoms with Gasteiger partial charge in [-0.1, -0.05) is 13.8 Å². The second kappa shape index (κ2) is 6.22. The first-order valence-electron chi connectivity index (χ1n) is 6.47. The highest BCUT2D eigenvalue weighted by Crippen LogP contribution is 2.32. The molecule has 0 bridgehead atoms. The third kappa shape index (κ3) is 3.24. The van der Waals surface area contributed by atoms with E-state index >= 15 is 0 Å². The first-order chi connectivity index (χ1) is 9.24. The Balaban J connectivity index is 1.97. The van der Waals surface area contributed by atoms with Crippen molar-refractivity contribution in [3.05, 3.63) is 23.8 Å². The number of benzene rings is 1. The van der Waals surface area contributed by atoms with Crippen LogP contribution in [-0.4, -0.2) is 18.9 Å². The molecule has 0 radical (unpaired) electrons. The minimum absolute atomic E-state index is 0.202. The normalized spacial score (nSPS) is 13.2. The summed E-state index contributed by atoms with van der Waals surface area (Å²) in [5.41, 5.74) is 3.03. The predicted octanol–water partition coefficient (Wildman–Crippen LogP) is 2.57. The lowest BCUT2D eigenvalue weighted by molar-refractivity contribution is 0.0954. The Morgan fingerprint density at radius 1 is 1.37 bits per heavy atom. The van der Waals surface area contributed by atoms with Crippen molar-refractivity contribution < 1.29 is 14.3 Å². The van der Waals surface area contributed by atoms with E-state index in [0.29, 0.717) is 23.0 Å². The molecule has 1 N–H and O–H groups in total. The van der Waals surface area contributed by atoms with Crippen molar-refractivity contribution in [2.24, 2.45) is 11.0 Å². The lowest BCUT2D eigenvalue weighted by atomic mass is 10.1. The van der Waals surface area contributed by atoms with Gasteiger partial charge < -0.3 is 9.47 Å². The number of ether oxygens (including phenoxy) is 2. The number of hydrazone groups is 1. The summed E-state index contributed by atoms with van der Waals surface area (Å²) in [6, 6.07) is 5.07. The summed E-state index contributed by atoms with van der Waals surface area (Å²) in [5.74, 6) is 1.41. The molecule has 0 atom stereocenters. The van der Waals surface area contributed by atoms with Gasteiger partial charge >= 0.3 is 0 Å². The topological polar surface area (TPSA) is 59.9 Å². The summed E-state index contributed by atoms with van der Waals surface area (Å²) in [5, 5.41) is 3.99. The van der Waals surface area contributed by atoms with Crippen LogP contribution in [0.3, 0.4) is 0 Å². The van der Waals surface area contributed by atoms with Crippen molar-refractivity contribution in [2.45, 2.75) is 26.7 Å². The molecular formula is C14H18N2O3. The van der Waals surface area contributed by atoms with Gasteiger partial charge in [-0.15, -0.1) is 0 Å². The van der Waals surface area contributed by atoms with Crippen molar-refractivity contribution in [3.63, 3.8) is 0 Å². The van der Waals surface area contributed by atoms with Crippen LogP contribution >= 0.6 is 0 Å². The average molecular weight is 262 g/mol. The van der Waals surface area contributed by atoms with Crippen LogP contribution in [0.4, 0.5) is 0 Å². The second-order valence-electron chi connectivity index (χ2n) is 4.36. The number of hydrogen-bond donors (Lipinski definition) is 1. The van der Waals surface area contributed by atoms with Crippen LogP contribution in [0.25, 0.3) is 0 Å². The molecule has 1 heterocycles. The zero-order chi connectivity index (χ0) is 13.7. The van der Waals surface area contributed by atoms with Crippen molar-refractivity contribution in [1.29, 1.82) is 0 Å². The van der Waals surface area contributed by atoms with Crippen LogP contribution in [0, 0.1) is 5.92 Å². The molecule has 0 fully saturated rings. The zero-order valence-electron chi connectivity index (χ0n) is 11.2. The Morgan fingerprint density at radius 3 is 2.84 bits per heavy atom. The summed E-state index contributed by atoms with van der Waals surface area (Å²) >= 11 is 0. The van der Waals surface area contributed by atoms with E-state index in [4.69, 9.17) is 9.47 Å². The summed E-state index contributed by atoms with van der Waals surface area (Å²) in [7, 11) is 0. The minimum atomic E-state index is -0.250. The van der Waals surface area contributed by atoms with Crippen LogP contribution < -0.4 is 14.9 Å². The van der Waals surface area contributed by atoms with Crippen molar-refractivity contribution in [3.8, 4) is 11.5 Å². The highest BCUT2D eigenvalue weighted by atomic mass is 16.7. The maximum atomic E-state index is 11.9. The zero-order valence-corrected chi connectivity index (χ0v) is 11.2. The number of carbonyl (C=O) groups excluding carboxylic acids is 1. The van der Waals surface area contributed by atoms with E-state index in [1.807, 2.05) is 0 Å². The van der Waals surface area contributed by atoms with Crippen molar-refractivity contribution >= 4 is 12.1 Å². The number of nitrogens with one attached hydrogen (secondary N) is 1. The van der Waals surface area contributed by atoms with E-state index in [1.54, 1.807) is 24.4 Å². The number of carbonyl (C=O) groups is 1. The van der Waals surface area contributed by atoms with Gasteiger partial charge in [-0.2, -0.15) is 5.10 Å². The number of amides is 1. The molecule has 0 aliphatic carbocycles. The molecular weight excluding hydrogens is 244 g/mol. The molecule has 0 spiro atoms. The first kappa shape index (κ1) is 13.4. The number of rotatable bonds is 5. The highest BCUT2D eigenvalue weighted by molar-refractivity contribution is 5.95. The van der Waals surface area contributed by atoms with Crippen LogP contribution in [0.2, 0.25) is 0 Å². The molecule has 19 heavy (non-hydrogen) atoms. The molecule has 1 amide bonds. The van der Waals surface area contributed by atoms with Crippen LogP contribution in [0.15, 0.2) is 23.3 Å². The van der Waals surface area contributed by atoms with Gasteiger partial charge in [-0.25, -0.2) is 5.43 Å². The summed E-state index contributed by atoms with van der Waals surface area (Å²) in [6.45, 7) is 4.40. The Bertz CT molecular complexity index is 482. The van der Waals surface area contributed by atoms with Gasteiger partial charge in [0.05, 0.1) is 0 Å². The van der Waals surface area contributed by atoms with Gasteiger partial charge in [-0.3, -0.25) is 4.79 Å². The minimum Gasteiger partial charge on any atom is -0.454 e. The molecule has 0 aromatic heterocycles. The fraction of sp³-hybridized carbons (Fsp3) is 0.429. The van der Waals surface area contributed by atoms with E-state index < -0.39 is 0 Å². The number of hydrogen-bond acceptors (Lipinski definition) is 4. The fourth-order valence-electron chi connectivity index (χ4n) is 1.80. The molecule has 0 saturated heterocycles. The molecule has 1 aliphatic heterocycles. The van der Waals surface area contributed by atoms with Gasteiger partial charge in [0.1, 0.15) is 0 Å². The fourth-order valence-corrected chi connectivity index (χ4v) is 1.80. The molecule has 0 saturated carbocycles. The Morgan fingerprint density at radius 2 is 2.11 bits per heavy atom. The highest BCUT2D eigenvalue weighted by Gasteiger charge is 2.15. The maximum Gasteiger partial charge on any atom is 0.271 e. The standard InChI is InChI=1S/C14H18N2O3/c1-3-10(4-2)8-15-16-14(17)11-5-6-12-13(7-11)19-9-18-12/h5-8,10H,3-4,9H2,1-2H3,(H,16,17)/b15-8+. The van der Waals surface area contributed by atoms with E-state index in [2.05, 4.69) is 24.4 Å². The Hall–Kier alpha value is -2.04. The van der Waals surface area contributed by atoms with E-state index in [9.17, 15) is 4.79 Å². The molecule has 5 nitrogen and oxygen atoms in total. The van der Waals surface area contributed by atoms with Crippen LogP contribution in [0.5, 0.6) is 11.5 Å². The van der Waals surface area contributed by atoms with Gasteiger partial charge in [0, 0.05) is 11.8 Å². The lowest BCUT2D eigenvalue weighted by Gasteiger charge is -2.05. The summed E-state index contributed by atoms with van der Waals surface area (Å²) < 4.78 is 10.4. The number of nitrogens with zero attached hydrogens (tertiary/aromatic N) is 1. The van der Waals surface area contributed by atoms with Gasteiger partial charge in [0.25, 0.3) is 5.91 Å². The van der Waals surface area contributed by atoms with Gasteiger partial charge in [0.2, 0.25) is 6.79 Å². The van der Waals surface area contributed by atoms with E-state index in [0.717, 1.165) is 12.8 Å². The quantitative estimate of drug-likeness (QED) is 0.655. The van der Waals surface area contributed by atoms with Crippen LogP contribution in [-0.2, 0) is 0 Å². The maximum absolute atomic E-state index is 11.9. The largest absolute Gasteiger partial charge is 0.454 e. The second-order valence-corrected chi connectivity index (χ2v) is 4.36. The molecule has 1 aromatic carbocycles. The molecule has 1 aliphatic rings. The SMILES string of the molecule is CCC(/C=N/NC(=O)c1ccc2c(c1)OCO2)CC. The predicted molar refractivity (Wildman–Crippen MR) is 72.6 cm³/mol. The van der Waals surface area contributed by atoms with Gasteiger partial charge in [-0.05, 0) is 37.0 Å². The van der Waals surface area contributed by atoms with Crippen molar-refractivity contribution in [2.75, 3.05) is 6.79 Å². The molecule has 5 heteroatoms. The van der Waals surface area contributed by atoms with Crippen molar-refractivity contribution in [1.82, 2.24) is 5.43 Å². The van der Waals surface area contributed by atoms with Crippen LogP contribution in [0.1, 0.15) is 37.0 Å². The Kier molecular flexibility index (Phi) is 4.39. The lowest BCUT2D eigenvalue weighted by Crippen LogP contribution is -2.18.